The Morgan fingerprint density at radius 2 is 2.19 bits per heavy atom. The molecule has 0 radical (unpaired) electrons. The van der Waals surface area contributed by atoms with Gasteiger partial charge in [-0.05, 0) is 31.0 Å². The van der Waals surface area contributed by atoms with Gasteiger partial charge in [-0.3, -0.25) is 4.79 Å². The van der Waals surface area contributed by atoms with Gasteiger partial charge in [0.1, 0.15) is 11.3 Å². The van der Waals surface area contributed by atoms with Crippen LogP contribution >= 0.6 is 0 Å². The first-order valence-corrected chi connectivity index (χ1v) is 5.40. The first kappa shape index (κ1) is 9.46. The molecule has 0 unspecified atom stereocenters. The van der Waals surface area contributed by atoms with Gasteiger partial charge in [-0.2, -0.15) is 0 Å². The molecule has 1 fully saturated rings. The first-order chi connectivity index (χ1) is 7.78. The normalized spacial score (nSPS) is 15.3. The summed E-state index contributed by atoms with van der Waals surface area (Å²) in [4.78, 5) is 11.8. The van der Waals surface area contributed by atoms with Crippen LogP contribution in [-0.4, -0.2) is 12.9 Å². The smallest absolute Gasteiger partial charge is 0.201 e. The van der Waals surface area contributed by atoms with Crippen molar-refractivity contribution in [2.75, 3.05) is 7.11 Å². The summed E-state index contributed by atoms with van der Waals surface area (Å²) in [7, 11) is 1.61. The molecule has 0 atom stereocenters. The molecule has 82 valence electrons. The number of hydrogen-bond acceptors (Lipinski definition) is 3. The Kier molecular flexibility index (Phi) is 1.99. The third-order valence-electron chi connectivity index (χ3n) is 2.92. The van der Waals surface area contributed by atoms with Crippen molar-refractivity contribution in [2.24, 2.45) is 5.92 Å². The summed E-state index contributed by atoms with van der Waals surface area (Å²) >= 11 is 0. The lowest BCUT2D eigenvalue weighted by atomic mass is 10.2. The molecule has 0 bridgehead atoms. The molecule has 0 amide bonds. The van der Waals surface area contributed by atoms with Gasteiger partial charge in [0, 0.05) is 17.4 Å². The zero-order chi connectivity index (χ0) is 11.1. The predicted molar refractivity (Wildman–Crippen MR) is 59.8 cm³/mol. The average molecular weight is 216 g/mol. The van der Waals surface area contributed by atoms with E-state index in [2.05, 4.69) is 0 Å². The summed E-state index contributed by atoms with van der Waals surface area (Å²) in [6, 6.07) is 7.39. The van der Waals surface area contributed by atoms with Crippen molar-refractivity contribution in [1.29, 1.82) is 0 Å². The minimum Gasteiger partial charge on any atom is -0.497 e. The summed E-state index contributed by atoms with van der Waals surface area (Å²) in [6.45, 7) is 0. The lowest BCUT2D eigenvalue weighted by Gasteiger charge is -1.96. The number of hydrogen-bond donors (Lipinski definition) is 0. The molecule has 0 aliphatic heterocycles. The molecule has 1 aliphatic carbocycles. The minimum absolute atomic E-state index is 0.134. The van der Waals surface area contributed by atoms with E-state index in [9.17, 15) is 4.79 Å². The zero-order valence-electron chi connectivity index (χ0n) is 9.03. The van der Waals surface area contributed by atoms with E-state index in [-0.39, 0.29) is 11.7 Å². The summed E-state index contributed by atoms with van der Waals surface area (Å²) in [6.07, 6.45) is 2.00. The summed E-state index contributed by atoms with van der Waals surface area (Å²) in [5.41, 5.74) is 0.711. The highest BCUT2D eigenvalue weighted by Crippen LogP contribution is 2.34. The fourth-order valence-electron chi connectivity index (χ4n) is 1.81. The maximum atomic E-state index is 11.8. The van der Waals surface area contributed by atoms with E-state index in [0.29, 0.717) is 11.3 Å². The van der Waals surface area contributed by atoms with Crippen molar-refractivity contribution in [2.45, 2.75) is 12.8 Å². The molecule has 0 saturated heterocycles. The van der Waals surface area contributed by atoms with Gasteiger partial charge < -0.3 is 9.15 Å². The topological polar surface area (TPSA) is 39.4 Å². The molecule has 1 aromatic heterocycles. The van der Waals surface area contributed by atoms with Gasteiger partial charge in [0.15, 0.2) is 5.76 Å². The Hall–Kier alpha value is -1.77. The first-order valence-electron chi connectivity index (χ1n) is 5.40. The Morgan fingerprint density at radius 1 is 1.38 bits per heavy atom. The van der Waals surface area contributed by atoms with Gasteiger partial charge in [0.2, 0.25) is 5.78 Å². The second-order valence-electron chi connectivity index (χ2n) is 4.15. The molecule has 2 aromatic rings. The van der Waals surface area contributed by atoms with E-state index < -0.39 is 0 Å². The van der Waals surface area contributed by atoms with Gasteiger partial charge in [0.25, 0.3) is 0 Å². The quantitative estimate of drug-likeness (QED) is 0.740. The Morgan fingerprint density at radius 3 is 2.88 bits per heavy atom. The number of benzene rings is 1. The number of fused-ring (bicyclic) bond motifs is 1. The average Bonchev–Trinajstić information content (AvgIpc) is 3.06. The molecule has 1 aromatic carbocycles. The third-order valence-corrected chi connectivity index (χ3v) is 2.92. The maximum absolute atomic E-state index is 11.8. The van der Waals surface area contributed by atoms with E-state index in [1.54, 1.807) is 13.2 Å². The monoisotopic (exact) mass is 216 g/mol. The molecule has 1 saturated carbocycles. The molecular formula is C13H12O3. The van der Waals surface area contributed by atoms with Crippen LogP contribution in [0.1, 0.15) is 23.4 Å². The van der Waals surface area contributed by atoms with Crippen molar-refractivity contribution < 1.29 is 13.9 Å². The van der Waals surface area contributed by atoms with Crippen LogP contribution < -0.4 is 4.74 Å². The van der Waals surface area contributed by atoms with E-state index in [1.807, 2.05) is 18.2 Å². The third kappa shape index (κ3) is 1.48. The highest BCUT2D eigenvalue weighted by atomic mass is 16.5. The summed E-state index contributed by atoms with van der Waals surface area (Å²) in [5, 5.41) is 0.949. The van der Waals surface area contributed by atoms with E-state index in [4.69, 9.17) is 9.15 Å². The Bertz CT molecular complexity index is 549. The zero-order valence-corrected chi connectivity index (χ0v) is 9.03. The minimum atomic E-state index is 0.134. The highest BCUT2D eigenvalue weighted by molar-refractivity contribution is 6.00. The van der Waals surface area contributed by atoms with Crippen LogP contribution in [-0.2, 0) is 0 Å². The van der Waals surface area contributed by atoms with Crippen LogP contribution in [0.15, 0.2) is 28.7 Å². The van der Waals surface area contributed by atoms with Crippen LogP contribution in [0.4, 0.5) is 0 Å². The van der Waals surface area contributed by atoms with Gasteiger partial charge in [-0.25, -0.2) is 0 Å². The van der Waals surface area contributed by atoms with Crippen LogP contribution in [0, 0.1) is 5.92 Å². The van der Waals surface area contributed by atoms with Gasteiger partial charge in [-0.15, -0.1) is 0 Å². The lowest BCUT2D eigenvalue weighted by molar-refractivity contribution is 0.0942. The molecule has 3 heteroatoms. The number of ether oxygens (including phenoxy) is 1. The Balaban J connectivity index is 2.04. The van der Waals surface area contributed by atoms with Gasteiger partial charge in [0.05, 0.1) is 7.11 Å². The number of methoxy groups -OCH3 is 1. The molecule has 16 heavy (non-hydrogen) atoms. The fraction of sp³-hybridized carbons (Fsp3) is 0.308. The van der Waals surface area contributed by atoms with Crippen LogP contribution in [0.5, 0.6) is 5.75 Å². The maximum Gasteiger partial charge on any atom is 0.201 e. The molecule has 0 spiro atoms. The second-order valence-corrected chi connectivity index (χ2v) is 4.15. The molecule has 0 N–H and O–H groups in total. The van der Waals surface area contributed by atoms with Crippen LogP contribution in [0.25, 0.3) is 11.0 Å². The van der Waals surface area contributed by atoms with Gasteiger partial charge >= 0.3 is 0 Å². The van der Waals surface area contributed by atoms with E-state index in [1.165, 1.54) is 0 Å². The molecular weight excluding hydrogens is 204 g/mol. The SMILES string of the molecule is COc1ccc2cc(C(=O)C3CC3)oc2c1. The molecule has 3 nitrogen and oxygen atoms in total. The largest absolute Gasteiger partial charge is 0.497 e. The standard InChI is InChI=1S/C13H12O3/c1-15-10-5-4-9-6-12(16-11(9)7-10)13(14)8-2-3-8/h4-8H,2-3H2,1H3. The van der Waals surface area contributed by atoms with Crippen molar-refractivity contribution >= 4 is 16.8 Å². The van der Waals surface area contributed by atoms with E-state index in [0.717, 1.165) is 24.0 Å². The van der Waals surface area contributed by atoms with Crippen LogP contribution in [0.3, 0.4) is 0 Å². The second kappa shape index (κ2) is 3.37. The van der Waals surface area contributed by atoms with Crippen molar-refractivity contribution in [3.8, 4) is 5.75 Å². The molecule has 1 heterocycles. The predicted octanol–water partition coefficient (Wildman–Crippen LogP) is 3.03. The highest BCUT2D eigenvalue weighted by Gasteiger charge is 2.32. The number of ketones is 1. The number of furan rings is 1. The summed E-state index contributed by atoms with van der Waals surface area (Å²) < 4.78 is 10.7. The van der Waals surface area contributed by atoms with Gasteiger partial charge in [-0.1, -0.05) is 0 Å². The van der Waals surface area contributed by atoms with Crippen molar-refractivity contribution in [3.05, 3.63) is 30.0 Å². The number of Topliss-reactive ketones (excluding diaryl/α,β-unsaturated/α-hetero) is 1. The summed E-state index contributed by atoms with van der Waals surface area (Å²) in [5.74, 6) is 1.55. The Labute approximate surface area is 93.0 Å². The molecule has 1 aliphatic rings. The van der Waals surface area contributed by atoms with Crippen LogP contribution in [0.2, 0.25) is 0 Å². The molecule has 3 rings (SSSR count). The van der Waals surface area contributed by atoms with Crippen molar-refractivity contribution in [3.63, 3.8) is 0 Å². The van der Waals surface area contributed by atoms with Crippen molar-refractivity contribution in [1.82, 2.24) is 0 Å². The van der Waals surface area contributed by atoms with E-state index >= 15 is 0 Å². The number of carbonyl (C=O) groups excluding carboxylic acids is 1. The number of rotatable bonds is 3. The number of carbonyl (C=O) groups is 1. The fourth-order valence-corrected chi connectivity index (χ4v) is 1.81. The lowest BCUT2D eigenvalue weighted by Crippen LogP contribution is -1.98.